The molecule has 0 radical (unpaired) electrons. The minimum absolute atomic E-state index is 0. The number of benzene rings is 2. The van der Waals surface area contributed by atoms with Crippen LogP contribution in [0.4, 0.5) is 5.69 Å². The Morgan fingerprint density at radius 1 is 1.10 bits per heavy atom. The van der Waals surface area contributed by atoms with E-state index in [4.69, 9.17) is 16.1 Å². The first-order valence-electron chi connectivity index (χ1n) is 9.57. The lowest BCUT2D eigenvalue weighted by Crippen LogP contribution is -2.52. The molecule has 2 heterocycles. The lowest BCUT2D eigenvalue weighted by Gasteiger charge is -2.37. The molecule has 0 amide bonds. The zero-order chi connectivity index (χ0) is 20.1. The molecule has 0 spiro atoms. The predicted molar refractivity (Wildman–Crippen MR) is 131 cm³/mol. The van der Waals surface area contributed by atoms with Crippen LogP contribution >= 0.6 is 35.6 Å². The average molecular weight is 539 g/mol. The van der Waals surface area contributed by atoms with Crippen molar-refractivity contribution in [1.29, 1.82) is 0 Å². The SMILES string of the molecule is CN=C(NCc1nc(-c2cccc(Cl)c2)no1)N1CCN(c2ccccc2)CC1.I. The second-order valence-corrected chi connectivity index (χ2v) is 7.17. The first-order valence-corrected chi connectivity index (χ1v) is 9.95. The lowest BCUT2D eigenvalue weighted by atomic mass is 10.2. The fraction of sp³-hybridized carbons (Fsp3) is 0.286. The molecule has 1 aromatic heterocycles. The Morgan fingerprint density at radius 3 is 2.57 bits per heavy atom. The van der Waals surface area contributed by atoms with Gasteiger partial charge in [-0.3, -0.25) is 4.99 Å². The van der Waals surface area contributed by atoms with Gasteiger partial charge in [0.05, 0.1) is 6.54 Å². The first-order chi connectivity index (χ1) is 14.2. The van der Waals surface area contributed by atoms with E-state index in [9.17, 15) is 0 Å². The van der Waals surface area contributed by atoms with E-state index in [2.05, 4.69) is 54.5 Å². The predicted octanol–water partition coefficient (Wildman–Crippen LogP) is 3.91. The van der Waals surface area contributed by atoms with Crippen molar-refractivity contribution in [2.45, 2.75) is 6.54 Å². The highest BCUT2D eigenvalue weighted by atomic mass is 127. The van der Waals surface area contributed by atoms with Crippen molar-refractivity contribution in [3.05, 3.63) is 65.5 Å². The maximum atomic E-state index is 6.04. The molecule has 1 fully saturated rings. The Morgan fingerprint density at radius 2 is 1.87 bits per heavy atom. The molecular weight excluding hydrogens is 515 g/mol. The Kier molecular flexibility index (Phi) is 7.92. The maximum absolute atomic E-state index is 6.04. The third-order valence-electron chi connectivity index (χ3n) is 4.86. The number of nitrogens with zero attached hydrogens (tertiary/aromatic N) is 5. The van der Waals surface area contributed by atoms with E-state index in [-0.39, 0.29) is 24.0 Å². The molecule has 1 saturated heterocycles. The van der Waals surface area contributed by atoms with Gasteiger partial charge in [0.15, 0.2) is 5.96 Å². The lowest BCUT2D eigenvalue weighted by molar-refractivity contribution is 0.355. The minimum atomic E-state index is 0. The van der Waals surface area contributed by atoms with Gasteiger partial charge in [-0.25, -0.2) is 0 Å². The van der Waals surface area contributed by atoms with Crippen molar-refractivity contribution in [1.82, 2.24) is 20.4 Å². The molecular formula is C21H24ClIN6O. The number of nitrogens with one attached hydrogen (secondary N) is 1. The fourth-order valence-electron chi connectivity index (χ4n) is 3.37. The van der Waals surface area contributed by atoms with Crippen molar-refractivity contribution in [3.8, 4) is 11.4 Å². The summed E-state index contributed by atoms with van der Waals surface area (Å²) in [5, 5.41) is 8.00. The summed E-state index contributed by atoms with van der Waals surface area (Å²) in [6.45, 7) is 4.10. The molecule has 0 saturated carbocycles. The van der Waals surface area contributed by atoms with Crippen molar-refractivity contribution >= 4 is 47.2 Å². The summed E-state index contributed by atoms with van der Waals surface area (Å²) in [5.74, 6) is 1.86. The zero-order valence-electron chi connectivity index (χ0n) is 16.7. The molecule has 1 aliphatic rings. The van der Waals surface area contributed by atoms with Gasteiger partial charge in [-0.2, -0.15) is 4.98 Å². The van der Waals surface area contributed by atoms with Gasteiger partial charge in [-0.15, -0.1) is 24.0 Å². The number of hydrogen-bond acceptors (Lipinski definition) is 5. The van der Waals surface area contributed by atoms with Crippen LogP contribution in [0.3, 0.4) is 0 Å². The first kappa shape index (κ1) is 22.4. The van der Waals surface area contributed by atoms with Gasteiger partial charge in [0.2, 0.25) is 11.7 Å². The number of aliphatic imine (C=N–C) groups is 1. The zero-order valence-corrected chi connectivity index (χ0v) is 19.7. The van der Waals surface area contributed by atoms with Crippen LogP contribution in [0.2, 0.25) is 5.02 Å². The van der Waals surface area contributed by atoms with Gasteiger partial charge >= 0.3 is 0 Å². The molecule has 2 aromatic carbocycles. The monoisotopic (exact) mass is 538 g/mol. The Balaban J connectivity index is 0.00000256. The molecule has 0 atom stereocenters. The highest BCUT2D eigenvalue weighted by Gasteiger charge is 2.20. The van der Waals surface area contributed by atoms with E-state index in [0.29, 0.717) is 23.3 Å². The molecule has 158 valence electrons. The van der Waals surface area contributed by atoms with Crippen LogP contribution in [0.15, 0.2) is 64.1 Å². The van der Waals surface area contributed by atoms with Crippen LogP contribution in [0.1, 0.15) is 5.89 Å². The summed E-state index contributed by atoms with van der Waals surface area (Å²) in [6, 6.07) is 17.9. The highest BCUT2D eigenvalue weighted by Crippen LogP contribution is 2.20. The minimum Gasteiger partial charge on any atom is -0.368 e. The molecule has 3 aromatic rings. The summed E-state index contributed by atoms with van der Waals surface area (Å²) in [5.41, 5.74) is 2.09. The van der Waals surface area contributed by atoms with Crippen molar-refractivity contribution in [2.75, 3.05) is 38.1 Å². The van der Waals surface area contributed by atoms with Crippen molar-refractivity contribution in [3.63, 3.8) is 0 Å². The van der Waals surface area contributed by atoms with Crippen LogP contribution in [0.5, 0.6) is 0 Å². The normalized spacial score (nSPS) is 14.4. The fourth-order valence-corrected chi connectivity index (χ4v) is 3.56. The van der Waals surface area contributed by atoms with Crippen LogP contribution in [-0.2, 0) is 6.54 Å². The van der Waals surface area contributed by atoms with Crippen LogP contribution in [0, 0.1) is 0 Å². The summed E-state index contributed by atoms with van der Waals surface area (Å²) in [6.07, 6.45) is 0. The highest BCUT2D eigenvalue weighted by molar-refractivity contribution is 14.0. The van der Waals surface area contributed by atoms with E-state index < -0.39 is 0 Å². The van der Waals surface area contributed by atoms with Gasteiger partial charge in [-0.05, 0) is 24.3 Å². The third-order valence-corrected chi connectivity index (χ3v) is 5.10. The number of piperazine rings is 1. The van der Waals surface area contributed by atoms with E-state index in [1.165, 1.54) is 5.69 Å². The van der Waals surface area contributed by atoms with Crippen LogP contribution in [0.25, 0.3) is 11.4 Å². The standard InChI is InChI=1S/C21H23ClN6O.HI/c1-23-21(28-12-10-27(11-13-28)18-8-3-2-4-9-18)24-15-19-25-20(26-29-19)16-6-5-7-17(22)14-16;/h2-9,14H,10-13,15H2,1H3,(H,23,24);1H. The quantitative estimate of drug-likeness (QED) is 0.309. The van der Waals surface area contributed by atoms with Gasteiger partial charge in [-0.1, -0.05) is 47.1 Å². The van der Waals surface area contributed by atoms with Crippen LogP contribution in [-0.4, -0.2) is 54.2 Å². The Hall–Kier alpha value is -2.33. The van der Waals surface area contributed by atoms with Crippen molar-refractivity contribution < 1.29 is 4.52 Å². The van der Waals surface area contributed by atoms with Gasteiger partial charge < -0.3 is 19.6 Å². The molecule has 1 N–H and O–H groups in total. The molecule has 1 aliphatic heterocycles. The Bertz CT molecular complexity index is 972. The second-order valence-electron chi connectivity index (χ2n) is 6.73. The van der Waals surface area contributed by atoms with E-state index >= 15 is 0 Å². The van der Waals surface area contributed by atoms with E-state index in [1.807, 2.05) is 30.3 Å². The number of halogens is 2. The molecule has 4 rings (SSSR count). The molecule has 7 nitrogen and oxygen atoms in total. The average Bonchev–Trinajstić information content (AvgIpc) is 3.24. The molecule has 0 unspecified atom stereocenters. The number of anilines is 1. The van der Waals surface area contributed by atoms with Crippen molar-refractivity contribution in [2.24, 2.45) is 4.99 Å². The van der Waals surface area contributed by atoms with E-state index in [0.717, 1.165) is 37.7 Å². The molecule has 30 heavy (non-hydrogen) atoms. The van der Waals surface area contributed by atoms with Gasteiger partial charge in [0.25, 0.3) is 0 Å². The number of rotatable bonds is 4. The van der Waals surface area contributed by atoms with Gasteiger partial charge in [0, 0.05) is 49.5 Å². The number of guanidine groups is 1. The number of para-hydroxylation sites is 1. The maximum Gasteiger partial charge on any atom is 0.246 e. The molecule has 0 bridgehead atoms. The second kappa shape index (κ2) is 10.6. The topological polar surface area (TPSA) is 69.8 Å². The molecule has 9 heteroatoms. The summed E-state index contributed by atoms with van der Waals surface area (Å²) < 4.78 is 5.37. The largest absolute Gasteiger partial charge is 0.368 e. The third kappa shape index (κ3) is 5.42. The molecule has 0 aliphatic carbocycles. The summed E-state index contributed by atoms with van der Waals surface area (Å²) >= 11 is 6.04. The van der Waals surface area contributed by atoms with Gasteiger partial charge in [0.1, 0.15) is 0 Å². The summed E-state index contributed by atoms with van der Waals surface area (Å²) in [4.78, 5) is 13.5. The van der Waals surface area contributed by atoms with Crippen LogP contribution < -0.4 is 10.2 Å². The summed E-state index contributed by atoms with van der Waals surface area (Å²) in [7, 11) is 1.79. The number of aromatic nitrogens is 2. The smallest absolute Gasteiger partial charge is 0.246 e. The Labute approximate surface area is 198 Å². The number of hydrogen-bond donors (Lipinski definition) is 1. The van der Waals surface area contributed by atoms with E-state index in [1.54, 1.807) is 7.05 Å².